The van der Waals surface area contributed by atoms with Crippen LogP contribution in [0.5, 0.6) is 0 Å². The van der Waals surface area contributed by atoms with Gasteiger partial charge in [0, 0.05) is 17.5 Å². The van der Waals surface area contributed by atoms with E-state index in [2.05, 4.69) is 10.6 Å². The minimum Gasteiger partial charge on any atom is -0.381 e. The molecule has 0 radical (unpaired) electrons. The Morgan fingerprint density at radius 2 is 1.74 bits per heavy atom. The monoisotopic (exact) mass is 270 g/mol. The summed E-state index contributed by atoms with van der Waals surface area (Å²) in [7, 11) is 0. The normalized spacial score (nSPS) is 23.2. The Kier molecular flexibility index (Phi) is 4.30. The molecule has 19 heavy (non-hydrogen) atoms. The molecule has 5 nitrogen and oxygen atoms in total. The average molecular weight is 270 g/mol. The van der Waals surface area contributed by atoms with Gasteiger partial charge in [0.1, 0.15) is 5.60 Å². The Bertz CT molecular complexity index is 369. The van der Waals surface area contributed by atoms with Gasteiger partial charge in [-0.25, -0.2) is 0 Å². The molecule has 1 saturated carbocycles. The number of hydrogen-bond donors (Lipinski definition) is 3. The van der Waals surface area contributed by atoms with Gasteiger partial charge < -0.3 is 15.7 Å². The van der Waals surface area contributed by atoms with Gasteiger partial charge in [-0.15, -0.1) is 0 Å². The van der Waals surface area contributed by atoms with Crippen molar-refractivity contribution < 1.29 is 14.7 Å². The number of carbonyl (C=O) groups excluding carboxylic acids is 2. The van der Waals surface area contributed by atoms with E-state index in [0.29, 0.717) is 0 Å². The number of rotatable bonds is 5. The molecule has 3 N–H and O–H groups in total. The van der Waals surface area contributed by atoms with Crippen molar-refractivity contribution in [2.24, 2.45) is 11.8 Å². The molecule has 2 amide bonds. The molecule has 0 aromatic heterocycles. The smallest absolute Gasteiger partial charge is 0.251 e. The molecule has 0 bridgehead atoms. The molecule has 1 aliphatic carbocycles. The molecule has 0 aliphatic heterocycles. The number of hydrogen-bond acceptors (Lipinski definition) is 3. The number of nitrogens with one attached hydrogen (secondary N) is 2. The molecule has 1 fully saturated rings. The van der Waals surface area contributed by atoms with Crippen LogP contribution in [0.25, 0.3) is 0 Å². The van der Waals surface area contributed by atoms with Crippen molar-refractivity contribution in [1.82, 2.24) is 10.6 Å². The first-order chi connectivity index (χ1) is 8.45. The second-order valence-corrected chi connectivity index (χ2v) is 6.85. The third-order valence-electron chi connectivity index (χ3n) is 3.48. The summed E-state index contributed by atoms with van der Waals surface area (Å²) in [5, 5.41) is 15.4. The van der Waals surface area contributed by atoms with Crippen molar-refractivity contribution in [2.45, 2.75) is 65.1 Å². The third-order valence-corrected chi connectivity index (χ3v) is 3.48. The Balaban J connectivity index is 2.57. The van der Waals surface area contributed by atoms with Gasteiger partial charge in [0.15, 0.2) is 0 Å². The van der Waals surface area contributed by atoms with Gasteiger partial charge in [-0.2, -0.15) is 0 Å². The molecule has 1 aliphatic rings. The number of amides is 2. The first kappa shape index (κ1) is 16.0. The van der Waals surface area contributed by atoms with E-state index in [0.717, 1.165) is 6.42 Å². The van der Waals surface area contributed by atoms with Crippen LogP contribution < -0.4 is 10.6 Å². The van der Waals surface area contributed by atoms with Crippen LogP contribution in [0.2, 0.25) is 0 Å². The lowest BCUT2D eigenvalue weighted by Crippen LogP contribution is -2.53. The number of carbonyl (C=O) groups is 2. The lowest BCUT2D eigenvalue weighted by molar-refractivity contribution is -0.138. The van der Waals surface area contributed by atoms with E-state index in [1.54, 1.807) is 0 Å². The SMILES string of the molecule is CC(C)NC(=O)C1CC1C(C)(C)NC(=O)C(C)(C)O. The highest BCUT2D eigenvalue weighted by atomic mass is 16.3. The molecule has 110 valence electrons. The standard InChI is InChI=1S/C14H26N2O3/c1-8(2)15-11(17)9-7-10(9)13(3,4)16-12(18)14(5,6)19/h8-10,19H,7H2,1-6H3,(H,15,17)(H,16,18). The van der Waals surface area contributed by atoms with Gasteiger partial charge in [0.05, 0.1) is 0 Å². The summed E-state index contributed by atoms with van der Waals surface area (Å²) in [6.07, 6.45) is 0.775. The van der Waals surface area contributed by atoms with Crippen LogP contribution in [0.1, 0.15) is 48.0 Å². The molecule has 1 rings (SSSR count). The van der Waals surface area contributed by atoms with Gasteiger partial charge in [-0.1, -0.05) is 0 Å². The lowest BCUT2D eigenvalue weighted by Gasteiger charge is -2.30. The minimum absolute atomic E-state index is 0.0421. The van der Waals surface area contributed by atoms with Crippen molar-refractivity contribution in [3.63, 3.8) is 0 Å². The van der Waals surface area contributed by atoms with Crippen LogP contribution in [0.3, 0.4) is 0 Å². The largest absolute Gasteiger partial charge is 0.381 e. The Morgan fingerprint density at radius 1 is 1.21 bits per heavy atom. The zero-order chi connectivity index (χ0) is 15.0. The fourth-order valence-electron chi connectivity index (χ4n) is 2.21. The van der Waals surface area contributed by atoms with Gasteiger partial charge in [-0.3, -0.25) is 9.59 Å². The quantitative estimate of drug-likeness (QED) is 0.692. The van der Waals surface area contributed by atoms with Gasteiger partial charge in [0.2, 0.25) is 5.91 Å². The molecular weight excluding hydrogens is 244 g/mol. The summed E-state index contributed by atoms with van der Waals surface area (Å²) in [4.78, 5) is 23.7. The topological polar surface area (TPSA) is 78.4 Å². The third kappa shape index (κ3) is 4.20. The summed E-state index contributed by atoms with van der Waals surface area (Å²) in [5.41, 5.74) is -1.89. The molecule has 5 heteroatoms. The number of aliphatic hydroxyl groups is 1. The van der Waals surface area contributed by atoms with E-state index in [1.165, 1.54) is 13.8 Å². The lowest BCUT2D eigenvalue weighted by atomic mass is 9.95. The molecule has 2 atom stereocenters. The second kappa shape index (κ2) is 5.12. The second-order valence-electron chi connectivity index (χ2n) is 6.85. The zero-order valence-electron chi connectivity index (χ0n) is 12.7. The van der Waals surface area contributed by atoms with Crippen molar-refractivity contribution >= 4 is 11.8 Å². The molecule has 2 unspecified atom stereocenters. The molecule has 0 aromatic rings. The Labute approximate surface area is 115 Å². The van der Waals surface area contributed by atoms with Crippen LogP contribution in [0.15, 0.2) is 0 Å². The fraction of sp³-hybridized carbons (Fsp3) is 0.857. The summed E-state index contributed by atoms with van der Waals surface area (Å²) < 4.78 is 0. The minimum atomic E-state index is -1.40. The van der Waals surface area contributed by atoms with E-state index in [9.17, 15) is 14.7 Å². The van der Waals surface area contributed by atoms with Crippen molar-refractivity contribution in [3.05, 3.63) is 0 Å². The van der Waals surface area contributed by atoms with E-state index < -0.39 is 17.0 Å². The first-order valence-electron chi connectivity index (χ1n) is 6.80. The van der Waals surface area contributed by atoms with Crippen molar-refractivity contribution in [2.75, 3.05) is 0 Å². The van der Waals surface area contributed by atoms with Crippen LogP contribution in [-0.2, 0) is 9.59 Å². The summed E-state index contributed by atoms with van der Waals surface area (Å²) in [5.74, 6) is -0.282. The summed E-state index contributed by atoms with van der Waals surface area (Å²) in [6, 6.07) is 0.128. The maximum Gasteiger partial charge on any atom is 0.251 e. The van der Waals surface area contributed by atoms with Crippen LogP contribution in [0, 0.1) is 11.8 Å². The highest BCUT2D eigenvalue weighted by molar-refractivity contribution is 5.85. The van der Waals surface area contributed by atoms with E-state index in [1.807, 2.05) is 27.7 Å². The van der Waals surface area contributed by atoms with Crippen molar-refractivity contribution in [1.29, 1.82) is 0 Å². The van der Waals surface area contributed by atoms with Crippen molar-refractivity contribution in [3.8, 4) is 0 Å². The molecule has 0 spiro atoms. The van der Waals surface area contributed by atoms with E-state index >= 15 is 0 Å². The summed E-state index contributed by atoms with van der Waals surface area (Å²) >= 11 is 0. The maximum absolute atomic E-state index is 11.9. The first-order valence-corrected chi connectivity index (χ1v) is 6.80. The average Bonchev–Trinajstić information content (AvgIpc) is 2.93. The van der Waals surface area contributed by atoms with E-state index in [-0.39, 0.29) is 23.8 Å². The highest BCUT2D eigenvalue weighted by Gasteiger charge is 2.52. The Hall–Kier alpha value is -1.10. The molecule has 0 aromatic carbocycles. The maximum atomic E-state index is 11.9. The summed E-state index contributed by atoms with van der Waals surface area (Å²) in [6.45, 7) is 10.5. The predicted molar refractivity (Wildman–Crippen MR) is 73.4 cm³/mol. The fourth-order valence-corrected chi connectivity index (χ4v) is 2.21. The van der Waals surface area contributed by atoms with Gasteiger partial charge in [-0.05, 0) is 53.9 Å². The molecular formula is C14H26N2O3. The molecule has 0 heterocycles. The zero-order valence-corrected chi connectivity index (χ0v) is 12.7. The van der Waals surface area contributed by atoms with Crippen LogP contribution >= 0.6 is 0 Å². The van der Waals surface area contributed by atoms with Crippen LogP contribution in [-0.4, -0.2) is 34.1 Å². The highest BCUT2D eigenvalue weighted by Crippen LogP contribution is 2.46. The predicted octanol–water partition coefficient (Wildman–Crippen LogP) is 0.813. The van der Waals surface area contributed by atoms with E-state index in [4.69, 9.17) is 0 Å². The van der Waals surface area contributed by atoms with Crippen LogP contribution in [0.4, 0.5) is 0 Å². The van der Waals surface area contributed by atoms with Gasteiger partial charge in [0.25, 0.3) is 5.91 Å². The Morgan fingerprint density at radius 3 is 2.16 bits per heavy atom. The van der Waals surface area contributed by atoms with Gasteiger partial charge >= 0.3 is 0 Å². The molecule has 0 saturated heterocycles.